The standard InChI is InChI=1S/C16H15BrN2O2/c1-21-15-9-5-2-6-12(15)10-11-18-16(20)19-14-8-4-3-7-13(14)17/h2-11H,1H3,(H2,18,19,20)/b11-10+. The van der Waals surface area contributed by atoms with Crippen LogP contribution < -0.4 is 15.4 Å². The number of para-hydroxylation sites is 2. The predicted molar refractivity (Wildman–Crippen MR) is 88.3 cm³/mol. The highest BCUT2D eigenvalue weighted by molar-refractivity contribution is 9.10. The predicted octanol–water partition coefficient (Wildman–Crippen LogP) is 4.25. The second kappa shape index (κ2) is 7.50. The van der Waals surface area contributed by atoms with E-state index in [4.69, 9.17) is 4.74 Å². The first-order valence-electron chi connectivity index (χ1n) is 6.32. The first kappa shape index (κ1) is 15.1. The number of hydrogen-bond donors (Lipinski definition) is 2. The fourth-order valence-electron chi connectivity index (χ4n) is 1.73. The van der Waals surface area contributed by atoms with Crippen molar-refractivity contribution in [1.29, 1.82) is 0 Å². The van der Waals surface area contributed by atoms with Crippen molar-refractivity contribution in [3.8, 4) is 5.75 Å². The lowest BCUT2D eigenvalue weighted by Gasteiger charge is -2.07. The van der Waals surface area contributed by atoms with E-state index in [1.54, 1.807) is 19.4 Å². The highest BCUT2D eigenvalue weighted by atomic mass is 79.9. The second-order valence-corrected chi connectivity index (χ2v) is 5.01. The van der Waals surface area contributed by atoms with Gasteiger partial charge < -0.3 is 15.4 Å². The zero-order valence-corrected chi connectivity index (χ0v) is 13.1. The van der Waals surface area contributed by atoms with Gasteiger partial charge in [0.25, 0.3) is 0 Å². The first-order chi connectivity index (χ1) is 10.2. The van der Waals surface area contributed by atoms with Crippen molar-refractivity contribution >= 4 is 33.7 Å². The molecule has 0 radical (unpaired) electrons. The van der Waals surface area contributed by atoms with E-state index in [1.165, 1.54) is 0 Å². The van der Waals surface area contributed by atoms with E-state index in [0.29, 0.717) is 5.69 Å². The third kappa shape index (κ3) is 4.36. The molecule has 0 aliphatic rings. The van der Waals surface area contributed by atoms with Gasteiger partial charge in [-0.3, -0.25) is 0 Å². The molecule has 2 aromatic carbocycles. The second-order valence-electron chi connectivity index (χ2n) is 4.15. The largest absolute Gasteiger partial charge is 0.496 e. The minimum Gasteiger partial charge on any atom is -0.496 e. The average molecular weight is 347 g/mol. The molecule has 108 valence electrons. The maximum atomic E-state index is 11.8. The van der Waals surface area contributed by atoms with Crippen molar-refractivity contribution in [3.05, 3.63) is 64.8 Å². The van der Waals surface area contributed by atoms with Crippen LogP contribution in [0.25, 0.3) is 6.08 Å². The molecule has 0 saturated heterocycles. The van der Waals surface area contributed by atoms with Gasteiger partial charge in [-0.2, -0.15) is 0 Å². The summed E-state index contributed by atoms with van der Waals surface area (Å²) < 4.78 is 6.06. The van der Waals surface area contributed by atoms with E-state index in [0.717, 1.165) is 15.8 Å². The molecular weight excluding hydrogens is 332 g/mol. The molecule has 0 aliphatic carbocycles. The van der Waals surface area contributed by atoms with Gasteiger partial charge in [-0.15, -0.1) is 0 Å². The number of methoxy groups -OCH3 is 1. The van der Waals surface area contributed by atoms with Crippen molar-refractivity contribution in [3.63, 3.8) is 0 Å². The normalized spacial score (nSPS) is 10.4. The highest BCUT2D eigenvalue weighted by Crippen LogP contribution is 2.21. The van der Waals surface area contributed by atoms with Crippen LogP contribution in [-0.2, 0) is 0 Å². The Morgan fingerprint density at radius 3 is 2.62 bits per heavy atom. The SMILES string of the molecule is COc1ccccc1/C=C/NC(=O)Nc1ccccc1Br. The van der Waals surface area contributed by atoms with Crippen molar-refractivity contribution in [2.24, 2.45) is 0 Å². The van der Waals surface area contributed by atoms with Crippen LogP contribution in [0.2, 0.25) is 0 Å². The number of rotatable bonds is 4. The number of hydrogen-bond acceptors (Lipinski definition) is 2. The van der Waals surface area contributed by atoms with Crippen molar-refractivity contribution < 1.29 is 9.53 Å². The molecule has 0 aromatic heterocycles. The van der Waals surface area contributed by atoms with Crippen LogP contribution in [0.15, 0.2) is 59.2 Å². The molecule has 2 rings (SSSR count). The van der Waals surface area contributed by atoms with Crippen molar-refractivity contribution in [2.75, 3.05) is 12.4 Å². The van der Waals surface area contributed by atoms with E-state index < -0.39 is 0 Å². The van der Waals surface area contributed by atoms with E-state index in [1.807, 2.05) is 48.5 Å². The number of nitrogens with one attached hydrogen (secondary N) is 2. The topological polar surface area (TPSA) is 50.4 Å². The van der Waals surface area contributed by atoms with Crippen molar-refractivity contribution in [2.45, 2.75) is 0 Å². The summed E-state index contributed by atoms with van der Waals surface area (Å²) in [5.41, 5.74) is 1.60. The van der Waals surface area contributed by atoms with Crippen LogP contribution in [0.5, 0.6) is 5.75 Å². The zero-order valence-electron chi connectivity index (χ0n) is 11.5. The summed E-state index contributed by atoms with van der Waals surface area (Å²) in [5, 5.41) is 5.40. The molecule has 21 heavy (non-hydrogen) atoms. The molecule has 0 aliphatic heterocycles. The monoisotopic (exact) mass is 346 g/mol. The van der Waals surface area contributed by atoms with Gasteiger partial charge in [0.05, 0.1) is 12.8 Å². The summed E-state index contributed by atoms with van der Waals surface area (Å²) in [6.07, 6.45) is 3.35. The van der Waals surface area contributed by atoms with Gasteiger partial charge in [-0.25, -0.2) is 4.79 Å². The molecule has 0 saturated carbocycles. The fraction of sp³-hybridized carbons (Fsp3) is 0.0625. The van der Waals surface area contributed by atoms with E-state index in [2.05, 4.69) is 26.6 Å². The lowest BCUT2D eigenvalue weighted by Crippen LogP contribution is -2.23. The third-order valence-electron chi connectivity index (χ3n) is 2.74. The molecule has 4 nitrogen and oxygen atoms in total. The number of ether oxygens (including phenoxy) is 1. The van der Waals surface area contributed by atoms with E-state index in [-0.39, 0.29) is 6.03 Å². The Morgan fingerprint density at radius 1 is 1.14 bits per heavy atom. The lowest BCUT2D eigenvalue weighted by atomic mass is 10.2. The fourth-order valence-corrected chi connectivity index (χ4v) is 2.12. The smallest absolute Gasteiger partial charge is 0.323 e. The molecule has 0 fully saturated rings. The van der Waals surface area contributed by atoms with Gasteiger partial charge in [-0.05, 0) is 40.2 Å². The molecule has 2 N–H and O–H groups in total. The minimum absolute atomic E-state index is 0.312. The Labute approximate surface area is 132 Å². The maximum Gasteiger partial charge on any atom is 0.323 e. The summed E-state index contributed by atoms with van der Waals surface area (Å²) >= 11 is 3.37. The molecule has 2 aromatic rings. The summed E-state index contributed by atoms with van der Waals surface area (Å²) in [6, 6.07) is 14.7. The molecule has 0 bridgehead atoms. The number of urea groups is 1. The minimum atomic E-state index is -0.312. The summed E-state index contributed by atoms with van der Waals surface area (Å²) in [6.45, 7) is 0. The van der Waals surface area contributed by atoms with Gasteiger partial charge >= 0.3 is 6.03 Å². The van der Waals surface area contributed by atoms with Gasteiger partial charge in [-0.1, -0.05) is 30.3 Å². The summed E-state index contributed by atoms with van der Waals surface area (Å²) in [4.78, 5) is 11.8. The molecule has 0 atom stereocenters. The number of anilines is 1. The molecule has 0 unspecified atom stereocenters. The number of amides is 2. The van der Waals surface area contributed by atoms with Gasteiger partial charge in [0.15, 0.2) is 0 Å². The highest BCUT2D eigenvalue weighted by Gasteiger charge is 2.02. The van der Waals surface area contributed by atoms with E-state index >= 15 is 0 Å². The quantitative estimate of drug-likeness (QED) is 0.869. The molecule has 2 amide bonds. The van der Waals surface area contributed by atoms with Gasteiger partial charge in [0.2, 0.25) is 0 Å². The summed E-state index contributed by atoms with van der Waals surface area (Å²) in [7, 11) is 1.61. The number of carbonyl (C=O) groups excluding carboxylic acids is 1. The third-order valence-corrected chi connectivity index (χ3v) is 3.43. The number of benzene rings is 2. The Hall–Kier alpha value is -2.27. The summed E-state index contributed by atoms with van der Waals surface area (Å²) in [5.74, 6) is 0.752. The van der Waals surface area contributed by atoms with Gasteiger partial charge in [0.1, 0.15) is 5.75 Å². The van der Waals surface area contributed by atoms with E-state index in [9.17, 15) is 4.79 Å². The van der Waals surface area contributed by atoms with Crippen LogP contribution in [0.3, 0.4) is 0 Å². The Morgan fingerprint density at radius 2 is 1.86 bits per heavy atom. The first-order valence-corrected chi connectivity index (χ1v) is 7.11. The van der Waals surface area contributed by atoms with Crippen LogP contribution in [0, 0.1) is 0 Å². The number of halogens is 1. The van der Waals surface area contributed by atoms with Crippen LogP contribution >= 0.6 is 15.9 Å². The Balaban J connectivity index is 1.95. The molecule has 0 heterocycles. The van der Waals surface area contributed by atoms with Gasteiger partial charge in [0, 0.05) is 16.2 Å². The molecular formula is C16H15BrN2O2. The zero-order chi connectivity index (χ0) is 15.1. The lowest BCUT2D eigenvalue weighted by molar-refractivity contribution is 0.255. The Kier molecular flexibility index (Phi) is 5.40. The van der Waals surface area contributed by atoms with Crippen molar-refractivity contribution in [1.82, 2.24) is 5.32 Å². The Bertz CT molecular complexity index is 656. The van der Waals surface area contributed by atoms with Crippen LogP contribution in [0.1, 0.15) is 5.56 Å². The van der Waals surface area contributed by atoms with Crippen LogP contribution in [-0.4, -0.2) is 13.1 Å². The maximum absolute atomic E-state index is 11.8. The molecule has 0 spiro atoms. The average Bonchev–Trinajstić information content (AvgIpc) is 2.50. The van der Waals surface area contributed by atoms with Crippen LogP contribution in [0.4, 0.5) is 10.5 Å². The molecule has 5 heteroatoms. The number of carbonyl (C=O) groups is 1.